The molecule has 7 heteroatoms. The maximum Gasteiger partial charge on any atom is 0.344 e. The molecule has 1 aliphatic heterocycles. The lowest BCUT2D eigenvalue weighted by atomic mass is 10.1. The second-order valence-corrected chi connectivity index (χ2v) is 6.48. The van der Waals surface area contributed by atoms with Crippen LogP contribution in [-0.2, 0) is 9.59 Å². The fourth-order valence-corrected chi connectivity index (χ4v) is 3.19. The summed E-state index contributed by atoms with van der Waals surface area (Å²) in [5, 5.41) is 8.62. The maximum atomic E-state index is 12.6. The third kappa shape index (κ3) is 3.62. The topological polar surface area (TPSA) is 83.9 Å². The van der Waals surface area contributed by atoms with E-state index in [1.807, 2.05) is 0 Å². The SMILES string of the molecule is CC(Oc1ccccc1/C=C1/SC(=O)N(c2ccccc2)C1=O)C(=O)O. The molecule has 1 aliphatic rings. The molecule has 0 aliphatic carbocycles. The first-order valence-corrected chi connectivity index (χ1v) is 8.60. The van der Waals surface area contributed by atoms with Gasteiger partial charge in [-0.1, -0.05) is 36.4 Å². The molecule has 1 atom stereocenters. The predicted molar refractivity (Wildman–Crippen MR) is 99.1 cm³/mol. The van der Waals surface area contributed by atoms with E-state index >= 15 is 0 Å². The largest absolute Gasteiger partial charge is 0.479 e. The van der Waals surface area contributed by atoms with Gasteiger partial charge in [0, 0.05) is 5.56 Å². The Morgan fingerprint density at radius 1 is 1.12 bits per heavy atom. The number of carboxylic acids is 1. The summed E-state index contributed by atoms with van der Waals surface area (Å²) in [6, 6.07) is 15.4. The number of anilines is 1. The number of nitrogens with zero attached hydrogens (tertiary/aromatic N) is 1. The summed E-state index contributed by atoms with van der Waals surface area (Å²) in [5.41, 5.74) is 1.03. The lowest BCUT2D eigenvalue weighted by Crippen LogP contribution is -2.27. The molecule has 1 fully saturated rings. The van der Waals surface area contributed by atoms with Crippen molar-refractivity contribution >= 4 is 40.6 Å². The van der Waals surface area contributed by atoms with E-state index in [4.69, 9.17) is 9.84 Å². The van der Waals surface area contributed by atoms with Crippen LogP contribution in [0.4, 0.5) is 10.5 Å². The highest BCUT2D eigenvalue weighted by Gasteiger charge is 2.36. The number of hydrogen-bond donors (Lipinski definition) is 1. The number of thioether (sulfide) groups is 1. The van der Waals surface area contributed by atoms with E-state index in [-0.39, 0.29) is 10.1 Å². The summed E-state index contributed by atoms with van der Waals surface area (Å²) in [7, 11) is 0. The molecule has 1 unspecified atom stereocenters. The molecule has 132 valence electrons. The average molecular weight is 369 g/mol. The molecule has 1 saturated heterocycles. The van der Waals surface area contributed by atoms with Gasteiger partial charge in [-0.15, -0.1) is 0 Å². The van der Waals surface area contributed by atoms with Crippen molar-refractivity contribution < 1.29 is 24.2 Å². The first-order chi connectivity index (χ1) is 12.5. The van der Waals surface area contributed by atoms with Gasteiger partial charge in [-0.3, -0.25) is 9.59 Å². The van der Waals surface area contributed by atoms with Gasteiger partial charge in [-0.2, -0.15) is 0 Å². The quantitative estimate of drug-likeness (QED) is 0.808. The molecule has 0 saturated carbocycles. The molecule has 2 aromatic rings. The first kappa shape index (κ1) is 17.8. The molecule has 3 rings (SSSR count). The molecule has 26 heavy (non-hydrogen) atoms. The van der Waals surface area contributed by atoms with E-state index in [2.05, 4.69) is 0 Å². The van der Waals surface area contributed by atoms with Crippen molar-refractivity contribution in [1.29, 1.82) is 0 Å². The molecule has 2 amide bonds. The Labute approximate surface area is 154 Å². The normalized spacial score (nSPS) is 16.8. The van der Waals surface area contributed by atoms with Crippen molar-refractivity contribution in [2.75, 3.05) is 4.90 Å². The Balaban J connectivity index is 1.91. The van der Waals surface area contributed by atoms with E-state index in [1.165, 1.54) is 13.0 Å². The highest BCUT2D eigenvalue weighted by Crippen LogP contribution is 2.36. The van der Waals surface area contributed by atoms with Crippen LogP contribution < -0.4 is 9.64 Å². The van der Waals surface area contributed by atoms with Crippen molar-refractivity contribution in [3.8, 4) is 5.75 Å². The number of benzene rings is 2. The summed E-state index contributed by atoms with van der Waals surface area (Å²) in [6.07, 6.45) is 0.501. The minimum Gasteiger partial charge on any atom is -0.479 e. The van der Waals surface area contributed by atoms with E-state index < -0.39 is 18.0 Å². The van der Waals surface area contributed by atoms with E-state index in [9.17, 15) is 14.4 Å². The number of imide groups is 1. The number of hydrogen-bond acceptors (Lipinski definition) is 5. The van der Waals surface area contributed by atoms with Crippen molar-refractivity contribution in [1.82, 2.24) is 0 Å². The van der Waals surface area contributed by atoms with Gasteiger partial charge in [0.15, 0.2) is 6.10 Å². The fourth-order valence-electron chi connectivity index (χ4n) is 2.36. The van der Waals surface area contributed by atoms with Crippen LogP contribution in [0.1, 0.15) is 12.5 Å². The van der Waals surface area contributed by atoms with Crippen LogP contribution in [0.3, 0.4) is 0 Å². The van der Waals surface area contributed by atoms with Gasteiger partial charge in [0.1, 0.15) is 5.75 Å². The number of para-hydroxylation sites is 2. The van der Waals surface area contributed by atoms with Gasteiger partial charge < -0.3 is 9.84 Å². The lowest BCUT2D eigenvalue weighted by molar-refractivity contribution is -0.144. The van der Waals surface area contributed by atoms with Crippen LogP contribution in [0.5, 0.6) is 5.75 Å². The monoisotopic (exact) mass is 369 g/mol. The Bertz CT molecular complexity index is 894. The standard InChI is InChI=1S/C19H15NO5S/c1-12(18(22)23)25-15-10-6-5-7-13(15)11-16-17(21)20(19(24)26-16)14-8-3-2-4-9-14/h2-12H,1H3,(H,22,23)/b16-11+. The van der Waals surface area contributed by atoms with Crippen molar-refractivity contribution in [3.05, 3.63) is 65.1 Å². The van der Waals surface area contributed by atoms with Gasteiger partial charge in [0.05, 0.1) is 10.6 Å². The van der Waals surface area contributed by atoms with Crippen LogP contribution in [-0.4, -0.2) is 28.3 Å². The van der Waals surface area contributed by atoms with Crippen molar-refractivity contribution in [2.24, 2.45) is 0 Å². The zero-order valence-electron chi connectivity index (χ0n) is 13.8. The third-order valence-corrected chi connectivity index (χ3v) is 4.53. The number of carbonyl (C=O) groups is 3. The molecule has 0 radical (unpaired) electrons. The second kappa shape index (κ2) is 7.45. The minimum atomic E-state index is -1.09. The van der Waals surface area contributed by atoms with E-state index in [0.717, 1.165) is 16.7 Å². The van der Waals surface area contributed by atoms with Gasteiger partial charge in [0.25, 0.3) is 11.1 Å². The van der Waals surface area contributed by atoms with Crippen molar-refractivity contribution in [2.45, 2.75) is 13.0 Å². The first-order valence-electron chi connectivity index (χ1n) is 7.79. The van der Waals surface area contributed by atoms with E-state index in [1.54, 1.807) is 54.6 Å². The highest BCUT2D eigenvalue weighted by atomic mass is 32.2. The van der Waals surface area contributed by atoms with Gasteiger partial charge in [0.2, 0.25) is 0 Å². The molecule has 0 bridgehead atoms. The Kier molecular flexibility index (Phi) is 5.09. The van der Waals surface area contributed by atoms with Crippen molar-refractivity contribution in [3.63, 3.8) is 0 Å². The number of carbonyl (C=O) groups excluding carboxylic acids is 2. The summed E-state index contributed by atoms with van der Waals surface area (Å²) in [4.78, 5) is 37.3. The molecular formula is C19H15NO5S. The minimum absolute atomic E-state index is 0.248. The molecule has 1 N–H and O–H groups in total. The molecule has 2 aromatic carbocycles. The van der Waals surface area contributed by atoms with Gasteiger partial charge in [-0.25, -0.2) is 9.69 Å². The number of ether oxygens (including phenoxy) is 1. The predicted octanol–water partition coefficient (Wildman–Crippen LogP) is 3.78. The summed E-state index contributed by atoms with van der Waals surface area (Å²) < 4.78 is 5.43. The van der Waals surface area contributed by atoms with E-state index in [0.29, 0.717) is 17.0 Å². The third-order valence-electron chi connectivity index (χ3n) is 3.67. The summed E-state index contributed by atoms with van der Waals surface area (Å²) >= 11 is 0.832. The molecular weight excluding hydrogens is 354 g/mol. The van der Waals surface area contributed by atoms with Crippen LogP contribution in [0.25, 0.3) is 6.08 Å². The maximum absolute atomic E-state index is 12.6. The fraction of sp³-hybridized carbons (Fsp3) is 0.105. The highest BCUT2D eigenvalue weighted by molar-refractivity contribution is 8.19. The lowest BCUT2D eigenvalue weighted by Gasteiger charge is -2.13. The average Bonchev–Trinajstić information content (AvgIpc) is 2.90. The Morgan fingerprint density at radius 3 is 2.46 bits per heavy atom. The van der Waals surface area contributed by atoms with Crippen LogP contribution in [0.2, 0.25) is 0 Å². The molecule has 0 aromatic heterocycles. The number of rotatable bonds is 5. The van der Waals surface area contributed by atoms with Gasteiger partial charge in [-0.05, 0) is 43.0 Å². The Morgan fingerprint density at radius 2 is 1.77 bits per heavy atom. The van der Waals surface area contributed by atoms with Crippen LogP contribution >= 0.6 is 11.8 Å². The number of aliphatic carboxylic acids is 1. The second-order valence-electron chi connectivity index (χ2n) is 5.49. The van der Waals surface area contributed by atoms with Gasteiger partial charge >= 0.3 is 5.97 Å². The summed E-state index contributed by atoms with van der Waals surface area (Å²) in [6.45, 7) is 1.42. The number of amides is 2. The van der Waals surface area contributed by atoms with Crippen LogP contribution in [0.15, 0.2) is 59.5 Å². The Hall–Kier alpha value is -3.06. The summed E-state index contributed by atoms with van der Waals surface area (Å²) in [5.74, 6) is -1.19. The smallest absolute Gasteiger partial charge is 0.344 e. The zero-order valence-corrected chi connectivity index (χ0v) is 14.6. The molecule has 6 nitrogen and oxygen atoms in total. The molecule has 0 spiro atoms. The number of carboxylic acid groups (broad SMARTS) is 1. The van der Waals surface area contributed by atoms with Crippen LogP contribution in [0, 0.1) is 0 Å². The molecule has 1 heterocycles. The zero-order chi connectivity index (χ0) is 18.7.